The van der Waals surface area contributed by atoms with Crippen LogP contribution >= 0.6 is 0 Å². The summed E-state index contributed by atoms with van der Waals surface area (Å²) in [6.45, 7) is 10.2. The van der Waals surface area contributed by atoms with Gasteiger partial charge in [0, 0.05) is 16.8 Å². The highest BCUT2D eigenvalue weighted by Crippen LogP contribution is 2.88. The van der Waals surface area contributed by atoms with Crippen molar-refractivity contribution < 1.29 is 9.47 Å². The van der Waals surface area contributed by atoms with E-state index in [4.69, 9.17) is 20.9 Å². The minimum Gasteiger partial charge on any atom is -0.457 e. The van der Waals surface area contributed by atoms with E-state index in [1.54, 1.807) is 0 Å². The lowest BCUT2D eigenvalue weighted by atomic mass is 9.39. The van der Waals surface area contributed by atoms with E-state index < -0.39 is 0 Å². The van der Waals surface area contributed by atoms with Crippen LogP contribution < -0.4 is 20.9 Å². The number of ether oxygens (including phenoxy) is 2. The van der Waals surface area contributed by atoms with Gasteiger partial charge in [-0.2, -0.15) is 0 Å². The van der Waals surface area contributed by atoms with Crippen molar-refractivity contribution in [3.63, 3.8) is 0 Å². The van der Waals surface area contributed by atoms with Crippen molar-refractivity contribution >= 4 is 11.4 Å². The highest BCUT2D eigenvalue weighted by atomic mass is 16.5. The quantitative estimate of drug-likeness (QED) is 0.118. The summed E-state index contributed by atoms with van der Waals surface area (Å²) < 4.78 is 12.6. The molecule has 4 N–H and O–H groups in total. The van der Waals surface area contributed by atoms with Crippen LogP contribution in [0, 0.1) is 70.0 Å². The molecule has 0 bridgehead atoms. The molecule has 0 heterocycles. The lowest BCUT2D eigenvalue weighted by Gasteiger charge is -2.65. The molecule has 0 radical (unpaired) electrons. The number of allylic oxidation sites excluding steroid dienone is 2. The highest BCUT2D eigenvalue weighted by Gasteiger charge is 2.83. The maximum Gasteiger partial charge on any atom is 0.127 e. The van der Waals surface area contributed by atoms with Crippen molar-refractivity contribution in [1.29, 1.82) is 0 Å². The third-order valence-electron chi connectivity index (χ3n) is 16.9. The average Bonchev–Trinajstić information content (AvgIpc) is 3.73. The standard InChI is InChI=1S/C52H62N2O2/c1-32(2)6-5-7-33(3)45-26-27-46-43-25-12-36-30-51(28-29-52(36)48(43)47-44(49(47)52)31-50(45,46)4,34-8-17-39(18-9-34)55-41-21-13-37(53)14-22-41)35-10-19-40(20-11-35)56-42-23-15-38(54)16-24-42/h8-25,32-33,36,43-49H,5-7,26-31,53-54H2,1-4H3. The minimum atomic E-state index is -0.0882. The SMILES string of the molecule is CC(C)CCCC(C)C1CCC2C3C=CC4CC(c5ccc(Oc6ccc(N)cc6)cc5)(c5ccc(Oc6ccc(N)cc6)cc5)CCC45C3C3C(CC12C)C35. The molecule has 4 aromatic rings. The Kier molecular flexibility index (Phi) is 8.69. The molecule has 4 nitrogen and oxygen atoms in total. The maximum absolute atomic E-state index is 6.28. The fourth-order valence-corrected chi connectivity index (χ4v) is 14.6. The monoisotopic (exact) mass is 746 g/mol. The van der Waals surface area contributed by atoms with Crippen molar-refractivity contribution in [2.24, 2.45) is 70.0 Å². The van der Waals surface area contributed by atoms with E-state index in [9.17, 15) is 0 Å². The predicted molar refractivity (Wildman–Crippen MR) is 229 cm³/mol. The molecule has 11 unspecified atom stereocenters. The Balaban J connectivity index is 0.953. The second-order valence-electron chi connectivity index (χ2n) is 20.0. The van der Waals surface area contributed by atoms with Gasteiger partial charge in [-0.05, 0) is 192 Å². The van der Waals surface area contributed by atoms with E-state index in [1.165, 1.54) is 62.5 Å². The third-order valence-corrected chi connectivity index (χ3v) is 16.9. The molecule has 0 saturated heterocycles. The highest BCUT2D eigenvalue weighted by molar-refractivity contribution is 5.49. The van der Waals surface area contributed by atoms with Gasteiger partial charge in [0.05, 0.1) is 0 Å². The fourth-order valence-electron chi connectivity index (χ4n) is 14.6. The van der Waals surface area contributed by atoms with Crippen molar-refractivity contribution in [3.05, 3.63) is 120 Å². The fraction of sp³-hybridized carbons (Fsp3) is 0.500. The van der Waals surface area contributed by atoms with Crippen LogP contribution in [0.25, 0.3) is 0 Å². The van der Waals surface area contributed by atoms with Crippen LogP contribution in [-0.4, -0.2) is 0 Å². The Morgan fingerprint density at radius 2 is 1.20 bits per heavy atom. The van der Waals surface area contributed by atoms with Gasteiger partial charge in [0.25, 0.3) is 0 Å². The second-order valence-corrected chi connectivity index (χ2v) is 20.0. The summed E-state index contributed by atoms with van der Waals surface area (Å²) >= 11 is 0. The largest absolute Gasteiger partial charge is 0.457 e. The summed E-state index contributed by atoms with van der Waals surface area (Å²) in [5.74, 6) is 11.9. The Bertz CT molecular complexity index is 1980. The lowest BCUT2D eigenvalue weighted by Crippen LogP contribution is -2.59. The molecule has 1 spiro atoms. The minimum absolute atomic E-state index is 0.0882. The third kappa shape index (κ3) is 5.66. The van der Waals surface area contributed by atoms with E-state index in [0.29, 0.717) is 16.7 Å². The molecule has 10 rings (SSSR count). The van der Waals surface area contributed by atoms with Crippen LogP contribution in [0.4, 0.5) is 11.4 Å². The van der Waals surface area contributed by atoms with Crippen molar-refractivity contribution in [3.8, 4) is 23.0 Å². The Morgan fingerprint density at radius 3 is 1.75 bits per heavy atom. The summed E-state index contributed by atoms with van der Waals surface area (Å²) in [5, 5.41) is 0. The molecule has 0 aromatic heterocycles. The number of hydrogen-bond acceptors (Lipinski definition) is 4. The van der Waals surface area contributed by atoms with E-state index in [0.717, 1.165) is 94.1 Å². The van der Waals surface area contributed by atoms with Crippen LogP contribution in [0.15, 0.2) is 109 Å². The van der Waals surface area contributed by atoms with Crippen LogP contribution in [0.5, 0.6) is 23.0 Å². The molecule has 0 amide bonds. The lowest BCUT2D eigenvalue weighted by molar-refractivity contribution is -0.125. The second kappa shape index (κ2) is 13.5. The van der Waals surface area contributed by atoms with Crippen molar-refractivity contribution in [1.82, 2.24) is 0 Å². The number of rotatable bonds is 11. The van der Waals surface area contributed by atoms with E-state index >= 15 is 0 Å². The normalized spacial score (nSPS) is 34.7. The molecular weight excluding hydrogens is 685 g/mol. The van der Waals surface area contributed by atoms with Crippen molar-refractivity contribution in [2.75, 3.05) is 11.5 Å². The van der Waals surface area contributed by atoms with Crippen LogP contribution in [-0.2, 0) is 5.41 Å². The van der Waals surface area contributed by atoms with Crippen LogP contribution in [0.3, 0.4) is 0 Å². The van der Waals surface area contributed by atoms with Gasteiger partial charge in [-0.25, -0.2) is 0 Å². The van der Waals surface area contributed by atoms with Gasteiger partial charge in [0.2, 0.25) is 0 Å². The van der Waals surface area contributed by atoms with Gasteiger partial charge < -0.3 is 20.9 Å². The number of nitrogens with two attached hydrogens (primary N) is 2. The Morgan fingerprint density at radius 1 is 0.643 bits per heavy atom. The smallest absolute Gasteiger partial charge is 0.127 e. The zero-order valence-corrected chi connectivity index (χ0v) is 34.0. The Labute approximate surface area is 335 Å². The molecule has 4 heteroatoms. The number of hydrogen-bond donors (Lipinski definition) is 2. The van der Waals surface area contributed by atoms with Crippen LogP contribution in [0.1, 0.15) is 96.6 Å². The molecule has 5 saturated carbocycles. The van der Waals surface area contributed by atoms with E-state index in [-0.39, 0.29) is 5.41 Å². The summed E-state index contributed by atoms with van der Waals surface area (Å²) in [6.07, 6.45) is 17.9. The first-order valence-corrected chi connectivity index (χ1v) is 22.1. The predicted octanol–water partition coefficient (Wildman–Crippen LogP) is 13.1. The first-order chi connectivity index (χ1) is 27.1. The molecule has 6 aliphatic rings. The maximum atomic E-state index is 6.28. The number of benzene rings is 4. The van der Waals surface area contributed by atoms with Gasteiger partial charge in [-0.1, -0.05) is 83.4 Å². The van der Waals surface area contributed by atoms with Crippen molar-refractivity contribution in [2.45, 2.75) is 90.9 Å². The molecule has 0 aliphatic heterocycles. The summed E-state index contributed by atoms with van der Waals surface area (Å²) in [7, 11) is 0. The summed E-state index contributed by atoms with van der Waals surface area (Å²) in [4.78, 5) is 0. The van der Waals surface area contributed by atoms with Gasteiger partial charge >= 0.3 is 0 Å². The summed E-state index contributed by atoms with van der Waals surface area (Å²) in [6, 6.07) is 33.4. The van der Waals surface area contributed by atoms with Gasteiger partial charge in [0.1, 0.15) is 23.0 Å². The first kappa shape index (κ1) is 36.2. The number of nitrogen functional groups attached to an aromatic ring is 2. The zero-order chi connectivity index (χ0) is 38.4. The van der Waals surface area contributed by atoms with E-state index in [1.807, 2.05) is 48.5 Å². The topological polar surface area (TPSA) is 70.5 Å². The first-order valence-electron chi connectivity index (χ1n) is 22.1. The Hall–Kier alpha value is -4.18. The molecule has 56 heavy (non-hydrogen) atoms. The molecular formula is C52H62N2O2. The van der Waals surface area contributed by atoms with Crippen LogP contribution in [0.2, 0.25) is 0 Å². The molecule has 4 aromatic carbocycles. The zero-order valence-electron chi connectivity index (χ0n) is 34.0. The molecule has 11 atom stereocenters. The van der Waals surface area contributed by atoms with Gasteiger partial charge in [-0.3, -0.25) is 0 Å². The molecule has 6 aliphatic carbocycles. The van der Waals surface area contributed by atoms with Gasteiger partial charge in [-0.15, -0.1) is 0 Å². The summed E-state index contributed by atoms with van der Waals surface area (Å²) in [5.41, 5.74) is 17.1. The van der Waals surface area contributed by atoms with E-state index in [2.05, 4.69) is 88.4 Å². The number of anilines is 2. The number of fused-ring (bicyclic) bond motifs is 3. The molecule has 292 valence electrons. The average molecular weight is 747 g/mol. The molecule has 5 fully saturated rings. The van der Waals surface area contributed by atoms with Gasteiger partial charge in [0.15, 0.2) is 0 Å².